The van der Waals surface area contributed by atoms with Crippen molar-refractivity contribution >= 4 is 11.3 Å². The van der Waals surface area contributed by atoms with Crippen LogP contribution in [0.4, 0.5) is 0 Å². The lowest BCUT2D eigenvalue weighted by Gasteiger charge is -2.23. The first-order chi connectivity index (χ1) is 9.79. The van der Waals surface area contributed by atoms with Crippen LogP contribution in [0, 0.1) is 0 Å². The van der Waals surface area contributed by atoms with E-state index in [2.05, 4.69) is 23.2 Å². The maximum Gasteiger partial charge on any atom is 0.0897 e. The topological polar surface area (TPSA) is 44.7 Å². The summed E-state index contributed by atoms with van der Waals surface area (Å²) in [4.78, 5) is 3.71. The molecule has 2 rings (SSSR count). The minimum absolute atomic E-state index is 0.396. The van der Waals surface area contributed by atoms with Crippen molar-refractivity contribution in [2.24, 2.45) is 0 Å². The van der Waals surface area contributed by atoms with Crippen molar-refractivity contribution in [2.45, 2.75) is 38.5 Å². The minimum Gasteiger partial charge on any atom is -0.389 e. The molecule has 1 aliphatic heterocycles. The van der Waals surface area contributed by atoms with Crippen molar-refractivity contribution in [3.05, 3.63) is 22.4 Å². The van der Waals surface area contributed by atoms with E-state index >= 15 is 0 Å². The van der Waals surface area contributed by atoms with E-state index < -0.39 is 6.10 Å². The maximum absolute atomic E-state index is 9.88. The summed E-state index contributed by atoms with van der Waals surface area (Å²) in [5.74, 6) is 0. The van der Waals surface area contributed by atoms with Crippen LogP contribution in [0.1, 0.15) is 24.6 Å². The zero-order valence-electron chi connectivity index (χ0n) is 12.3. The highest BCUT2D eigenvalue weighted by Crippen LogP contribution is 2.15. The van der Waals surface area contributed by atoms with Crippen LogP contribution in [0.2, 0.25) is 0 Å². The van der Waals surface area contributed by atoms with E-state index in [0.29, 0.717) is 25.8 Å². The molecule has 1 saturated heterocycles. The molecule has 1 aliphatic rings. The van der Waals surface area contributed by atoms with Crippen molar-refractivity contribution in [3.63, 3.8) is 0 Å². The second-order valence-corrected chi connectivity index (χ2v) is 6.36. The number of aliphatic hydroxyl groups is 1. The molecule has 2 heterocycles. The Kier molecular flexibility index (Phi) is 6.96. The quantitative estimate of drug-likeness (QED) is 0.728. The Balaban J connectivity index is 1.52. The maximum atomic E-state index is 9.88. The normalized spacial score (nSPS) is 21.4. The van der Waals surface area contributed by atoms with E-state index in [1.807, 2.05) is 11.4 Å². The molecular formula is C15H26N2O2S. The number of thiophene rings is 1. The Morgan fingerprint density at radius 2 is 2.50 bits per heavy atom. The number of hydrogen-bond acceptors (Lipinski definition) is 5. The first kappa shape index (κ1) is 15.9. The van der Waals surface area contributed by atoms with Gasteiger partial charge < -0.3 is 15.2 Å². The van der Waals surface area contributed by atoms with Crippen molar-refractivity contribution in [3.8, 4) is 0 Å². The molecule has 1 aromatic rings. The van der Waals surface area contributed by atoms with Crippen LogP contribution in [0.5, 0.6) is 0 Å². The zero-order chi connectivity index (χ0) is 14.2. The van der Waals surface area contributed by atoms with Gasteiger partial charge in [-0.25, -0.2) is 0 Å². The fraction of sp³-hybridized carbons (Fsp3) is 0.733. The summed E-state index contributed by atoms with van der Waals surface area (Å²) in [6.45, 7) is 7.13. The SMILES string of the molecule is CCN1CCCC1CNCC(O)COCc1cccs1. The predicted octanol–water partition coefficient (Wildman–Crippen LogP) is 1.70. The lowest BCUT2D eigenvalue weighted by Crippen LogP contribution is -2.41. The van der Waals surface area contributed by atoms with E-state index in [1.165, 1.54) is 24.3 Å². The van der Waals surface area contributed by atoms with Crippen LogP contribution in [-0.2, 0) is 11.3 Å². The Bertz CT molecular complexity index is 359. The molecule has 0 bridgehead atoms. The number of nitrogens with zero attached hydrogens (tertiary/aromatic N) is 1. The highest BCUT2D eigenvalue weighted by molar-refractivity contribution is 7.09. The van der Waals surface area contributed by atoms with Crippen LogP contribution in [0.15, 0.2) is 17.5 Å². The molecule has 4 nitrogen and oxygen atoms in total. The summed E-state index contributed by atoms with van der Waals surface area (Å²) in [5.41, 5.74) is 0. The van der Waals surface area contributed by atoms with Gasteiger partial charge in [0.05, 0.1) is 19.3 Å². The van der Waals surface area contributed by atoms with Gasteiger partial charge in [0.25, 0.3) is 0 Å². The highest BCUT2D eigenvalue weighted by Gasteiger charge is 2.22. The molecule has 5 heteroatoms. The van der Waals surface area contributed by atoms with Gasteiger partial charge in [0.1, 0.15) is 0 Å². The van der Waals surface area contributed by atoms with E-state index in [4.69, 9.17) is 4.74 Å². The van der Waals surface area contributed by atoms with Gasteiger partial charge in [-0.15, -0.1) is 11.3 Å². The van der Waals surface area contributed by atoms with Gasteiger partial charge in [-0.1, -0.05) is 13.0 Å². The van der Waals surface area contributed by atoms with Crippen molar-refractivity contribution in [1.82, 2.24) is 10.2 Å². The Hall–Kier alpha value is -0.460. The van der Waals surface area contributed by atoms with Gasteiger partial charge in [0.2, 0.25) is 0 Å². The molecule has 0 aliphatic carbocycles. The third kappa shape index (κ3) is 5.14. The lowest BCUT2D eigenvalue weighted by atomic mass is 10.2. The average Bonchev–Trinajstić information content (AvgIpc) is 3.09. The number of rotatable bonds is 9. The molecule has 0 aromatic carbocycles. The summed E-state index contributed by atoms with van der Waals surface area (Å²) in [5, 5.41) is 15.3. The van der Waals surface area contributed by atoms with E-state index in [-0.39, 0.29) is 0 Å². The van der Waals surface area contributed by atoms with Gasteiger partial charge in [-0.05, 0) is 37.4 Å². The van der Waals surface area contributed by atoms with Crippen molar-refractivity contribution < 1.29 is 9.84 Å². The average molecular weight is 298 g/mol. The number of ether oxygens (including phenoxy) is 1. The lowest BCUT2D eigenvalue weighted by molar-refractivity contribution is 0.0293. The Morgan fingerprint density at radius 3 is 3.25 bits per heavy atom. The zero-order valence-corrected chi connectivity index (χ0v) is 13.1. The molecule has 1 aromatic heterocycles. The summed E-state index contributed by atoms with van der Waals surface area (Å²) < 4.78 is 5.51. The highest BCUT2D eigenvalue weighted by atomic mass is 32.1. The number of aliphatic hydroxyl groups excluding tert-OH is 1. The first-order valence-electron chi connectivity index (χ1n) is 7.52. The van der Waals surface area contributed by atoms with Gasteiger partial charge in [-0.2, -0.15) is 0 Å². The third-order valence-corrected chi connectivity index (χ3v) is 4.65. The summed E-state index contributed by atoms with van der Waals surface area (Å²) in [6.07, 6.45) is 2.14. The molecule has 20 heavy (non-hydrogen) atoms. The molecule has 2 atom stereocenters. The molecule has 0 radical (unpaired) electrons. The second kappa shape index (κ2) is 8.74. The Morgan fingerprint density at radius 1 is 1.60 bits per heavy atom. The van der Waals surface area contributed by atoms with Crippen LogP contribution in [0.25, 0.3) is 0 Å². The third-order valence-electron chi connectivity index (χ3n) is 3.80. The molecule has 114 valence electrons. The van der Waals surface area contributed by atoms with Crippen LogP contribution in [-0.4, -0.2) is 54.9 Å². The Labute approximate surface area is 125 Å². The molecule has 0 saturated carbocycles. The van der Waals surface area contributed by atoms with E-state index in [9.17, 15) is 5.11 Å². The summed E-state index contributed by atoms with van der Waals surface area (Å²) in [7, 11) is 0. The van der Waals surface area contributed by atoms with Crippen LogP contribution >= 0.6 is 11.3 Å². The number of nitrogens with one attached hydrogen (secondary N) is 1. The second-order valence-electron chi connectivity index (χ2n) is 5.33. The monoisotopic (exact) mass is 298 g/mol. The van der Waals surface area contributed by atoms with Gasteiger partial charge in [-0.3, -0.25) is 4.90 Å². The predicted molar refractivity (Wildman–Crippen MR) is 83.1 cm³/mol. The molecule has 2 unspecified atom stereocenters. The summed E-state index contributed by atoms with van der Waals surface area (Å²) >= 11 is 1.68. The molecule has 0 spiro atoms. The number of hydrogen-bond donors (Lipinski definition) is 2. The van der Waals surface area contributed by atoms with Gasteiger partial charge in [0, 0.05) is 24.0 Å². The van der Waals surface area contributed by atoms with E-state index in [0.717, 1.165) is 13.1 Å². The fourth-order valence-electron chi connectivity index (χ4n) is 2.71. The van der Waals surface area contributed by atoms with E-state index in [1.54, 1.807) is 11.3 Å². The first-order valence-corrected chi connectivity index (χ1v) is 8.40. The van der Waals surface area contributed by atoms with Gasteiger partial charge >= 0.3 is 0 Å². The molecular weight excluding hydrogens is 272 g/mol. The van der Waals surface area contributed by atoms with Crippen molar-refractivity contribution in [1.29, 1.82) is 0 Å². The van der Waals surface area contributed by atoms with Crippen molar-refractivity contribution in [2.75, 3.05) is 32.8 Å². The summed E-state index contributed by atoms with van der Waals surface area (Å²) in [6, 6.07) is 4.70. The number of likely N-dealkylation sites (N-methyl/N-ethyl adjacent to an activating group) is 1. The van der Waals surface area contributed by atoms with Crippen LogP contribution < -0.4 is 5.32 Å². The standard InChI is InChI=1S/C15H26N2O2S/c1-2-17-7-3-5-13(17)9-16-10-14(18)11-19-12-15-6-4-8-20-15/h4,6,8,13-14,16,18H,2-3,5,7,9-12H2,1H3. The van der Waals surface area contributed by atoms with Crippen LogP contribution in [0.3, 0.4) is 0 Å². The minimum atomic E-state index is -0.425. The fourth-order valence-corrected chi connectivity index (χ4v) is 3.35. The smallest absolute Gasteiger partial charge is 0.0897 e. The molecule has 1 fully saturated rings. The number of likely N-dealkylation sites (tertiary alicyclic amines) is 1. The molecule has 0 amide bonds. The molecule has 2 N–H and O–H groups in total. The largest absolute Gasteiger partial charge is 0.389 e. The van der Waals surface area contributed by atoms with Gasteiger partial charge in [0.15, 0.2) is 0 Å².